The Bertz CT molecular complexity index is 795. The Hall–Kier alpha value is -1.97. The third kappa shape index (κ3) is 5.50. The fourth-order valence-electron chi connectivity index (χ4n) is 3.23. The van der Waals surface area contributed by atoms with Crippen LogP contribution in [0.2, 0.25) is 0 Å². The lowest BCUT2D eigenvalue weighted by atomic mass is 9.83. The molecule has 0 aromatic heterocycles. The van der Waals surface area contributed by atoms with Crippen molar-refractivity contribution < 1.29 is 28.2 Å². The molecular weight excluding hydrogens is 372 g/mol. The molecule has 3 N–H and O–H groups in total. The number of nitrogens with zero attached hydrogens (tertiary/aromatic N) is 1. The molecule has 1 aromatic rings. The SMILES string of the molecule is CN(CCO)C(=O)[C@H]1CC[C@H](NC(=O)c2cccc(S(C)(=O)=O)c2)[C@@H](O)C1. The predicted octanol–water partition coefficient (Wildman–Crippen LogP) is -0.200. The molecule has 0 saturated heterocycles. The number of hydrogen-bond donors (Lipinski definition) is 3. The highest BCUT2D eigenvalue weighted by Gasteiger charge is 2.34. The van der Waals surface area contributed by atoms with Crippen LogP contribution in [-0.4, -0.2) is 73.9 Å². The van der Waals surface area contributed by atoms with E-state index in [1.807, 2.05) is 0 Å². The molecule has 0 bridgehead atoms. The summed E-state index contributed by atoms with van der Waals surface area (Å²) in [6.45, 7) is 0.116. The van der Waals surface area contributed by atoms with Gasteiger partial charge < -0.3 is 20.4 Å². The van der Waals surface area contributed by atoms with E-state index in [9.17, 15) is 23.1 Å². The Morgan fingerprint density at radius 2 is 2.00 bits per heavy atom. The van der Waals surface area contributed by atoms with E-state index in [1.54, 1.807) is 7.05 Å². The normalized spacial score (nSPS) is 22.9. The second-order valence-electron chi connectivity index (χ2n) is 6.94. The van der Waals surface area contributed by atoms with E-state index in [2.05, 4.69) is 5.32 Å². The van der Waals surface area contributed by atoms with Crippen molar-refractivity contribution in [3.8, 4) is 0 Å². The van der Waals surface area contributed by atoms with Crippen molar-refractivity contribution in [2.75, 3.05) is 26.5 Å². The Kier molecular flexibility index (Phi) is 6.96. The van der Waals surface area contributed by atoms with Crippen LogP contribution in [0, 0.1) is 5.92 Å². The van der Waals surface area contributed by atoms with E-state index >= 15 is 0 Å². The van der Waals surface area contributed by atoms with E-state index in [0.29, 0.717) is 12.8 Å². The summed E-state index contributed by atoms with van der Waals surface area (Å²) in [5, 5.41) is 22.0. The third-order valence-electron chi connectivity index (χ3n) is 4.82. The van der Waals surface area contributed by atoms with Gasteiger partial charge in [-0.25, -0.2) is 8.42 Å². The molecule has 1 fully saturated rings. The minimum absolute atomic E-state index is 0.0527. The number of aliphatic hydroxyl groups is 2. The summed E-state index contributed by atoms with van der Waals surface area (Å²) in [4.78, 5) is 26.2. The summed E-state index contributed by atoms with van der Waals surface area (Å²) in [5.41, 5.74) is 0.200. The van der Waals surface area contributed by atoms with Crippen molar-refractivity contribution in [1.82, 2.24) is 10.2 Å². The molecule has 0 radical (unpaired) electrons. The lowest BCUT2D eigenvalue weighted by molar-refractivity contribution is -0.137. The minimum atomic E-state index is -3.42. The van der Waals surface area contributed by atoms with Crippen LogP contribution >= 0.6 is 0 Å². The number of sulfone groups is 1. The summed E-state index contributed by atoms with van der Waals surface area (Å²) >= 11 is 0. The molecule has 1 aliphatic rings. The molecule has 9 heteroatoms. The smallest absolute Gasteiger partial charge is 0.251 e. The van der Waals surface area contributed by atoms with Crippen LogP contribution in [0.15, 0.2) is 29.2 Å². The number of nitrogens with one attached hydrogen (secondary N) is 1. The van der Waals surface area contributed by atoms with Crippen LogP contribution in [-0.2, 0) is 14.6 Å². The van der Waals surface area contributed by atoms with Gasteiger partial charge in [0.05, 0.1) is 23.6 Å². The predicted molar refractivity (Wildman–Crippen MR) is 98.9 cm³/mol. The van der Waals surface area contributed by atoms with Crippen molar-refractivity contribution in [3.05, 3.63) is 29.8 Å². The summed E-state index contributed by atoms with van der Waals surface area (Å²) in [6, 6.07) is 5.21. The van der Waals surface area contributed by atoms with Gasteiger partial charge in [0.25, 0.3) is 5.91 Å². The lowest BCUT2D eigenvalue weighted by Crippen LogP contribution is -2.49. The van der Waals surface area contributed by atoms with Crippen molar-refractivity contribution >= 4 is 21.7 Å². The highest BCUT2D eigenvalue weighted by atomic mass is 32.2. The largest absolute Gasteiger partial charge is 0.395 e. The molecule has 1 aromatic carbocycles. The number of rotatable bonds is 6. The Balaban J connectivity index is 1.99. The van der Waals surface area contributed by atoms with Crippen LogP contribution in [0.4, 0.5) is 0 Å². The van der Waals surface area contributed by atoms with Gasteiger partial charge in [0.2, 0.25) is 5.91 Å². The first-order valence-corrected chi connectivity index (χ1v) is 10.7. The van der Waals surface area contributed by atoms with E-state index in [1.165, 1.54) is 29.2 Å². The molecule has 8 nitrogen and oxygen atoms in total. The van der Waals surface area contributed by atoms with E-state index < -0.39 is 27.9 Å². The highest BCUT2D eigenvalue weighted by molar-refractivity contribution is 7.90. The molecule has 1 saturated carbocycles. The van der Waals surface area contributed by atoms with Gasteiger partial charge in [-0.3, -0.25) is 9.59 Å². The molecule has 2 rings (SSSR count). The summed E-state index contributed by atoms with van der Waals surface area (Å²) in [6.07, 6.45) is 1.36. The summed E-state index contributed by atoms with van der Waals surface area (Å²) in [7, 11) is -1.82. The molecule has 2 amide bonds. The van der Waals surface area contributed by atoms with Gasteiger partial charge in [0.15, 0.2) is 9.84 Å². The Morgan fingerprint density at radius 3 is 2.59 bits per heavy atom. The molecule has 0 aliphatic heterocycles. The number of amides is 2. The van der Waals surface area contributed by atoms with E-state index in [-0.39, 0.29) is 41.9 Å². The fourth-order valence-corrected chi connectivity index (χ4v) is 3.90. The molecular formula is C18H26N2O6S. The zero-order valence-electron chi connectivity index (χ0n) is 15.5. The van der Waals surface area contributed by atoms with Gasteiger partial charge in [-0.1, -0.05) is 6.07 Å². The number of carbonyl (C=O) groups is 2. The third-order valence-corrected chi connectivity index (χ3v) is 5.93. The minimum Gasteiger partial charge on any atom is -0.395 e. The first kappa shape index (κ1) is 21.3. The van der Waals surface area contributed by atoms with Gasteiger partial charge in [0.1, 0.15) is 0 Å². The van der Waals surface area contributed by atoms with Gasteiger partial charge in [-0.2, -0.15) is 0 Å². The number of aliphatic hydroxyl groups excluding tert-OH is 2. The summed E-state index contributed by atoms with van der Waals surface area (Å²) in [5.74, 6) is -0.946. The average Bonchev–Trinajstić information content (AvgIpc) is 2.62. The summed E-state index contributed by atoms with van der Waals surface area (Å²) < 4.78 is 23.3. The maximum absolute atomic E-state index is 12.4. The fraction of sp³-hybridized carbons (Fsp3) is 0.556. The average molecular weight is 398 g/mol. The zero-order chi connectivity index (χ0) is 20.2. The van der Waals surface area contributed by atoms with Crippen LogP contribution < -0.4 is 5.32 Å². The molecule has 27 heavy (non-hydrogen) atoms. The number of likely N-dealkylation sites (N-methyl/N-ethyl adjacent to an activating group) is 1. The van der Waals surface area contributed by atoms with Gasteiger partial charge >= 0.3 is 0 Å². The number of benzene rings is 1. The van der Waals surface area contributed by atoms with Crippen molar-refractivity contribution in [2.45, 2.75) is 36.3 Å². The number of hydrogen-bond acceptors (Lipinski definition) is 6. The maximum atomic E-state index is 12.4. The van der Waals surface area contributed by atoms with Crippen LogP contribution in [0.3, 0.4) is 0 Å². The quantitative estimate of drug-likeness (QED) is 0.610. The molecule has 0 unspecified atom stereocenters. The monoisotopic (exact) mass is 398 g/mol. The molecule has 3 atom stereocenters. The highest BCUT2D eigenvalue weighted by Crippen LogP contribution is 2.26. The van der Waals surface area contributed by atoms with Crippen LogP contribution in [0.25, 0.3) is 0 Å². The first-order valence-electron chi connectivity index (χ1n) is 8.78. The first-order chi connectivity index (χ1) is 12.6. The molecule has 1 aliphatic carbocycles. The van der Waals surface area contributed by atoms with E-state index in [4.69, 9.17) is 5.11 Å². The van der Waals surface area contributed by atoms with Crippen molar-refractivity contribution in [3.63, 3.8) is 0 Å². The van der Waals surface area contributed by atoms with Crippen molar-refractivity contribution in [2.24, 2.45) is 5.92 Å². The van der Waals surface area contributed by atoms with Crippen LogP contribution in [0.5, 0.6) is 0 Å². The molecule has 150 valence electrons. The Morgan fingerprint density at radius 1 is 1.30 bits per heavy atom. The second-order valence-corrected chi connectivity index (χ2v) is 8.96. The molecule has 0 heterocycles. The molecule has 0 spiro atoms. The van der Waals surface area contributed by atoms with Crippen molar-refractivity contribution in [1.29, 1.82) is 0 Å². The van der Waals surface area contributed by atoms with Crippen LogP contribution in [0.1, 0.15) is 29.6 Å². The number of carbonyl (C=O) groups excluding carboxylic acids is 2. The van der Waals surface area contributed by atoms with Gasteiger partial charge in [0, 0.05) is 31.3 Å². The van der Waals surface area contributed by atoms with E-state index in [0.717, 1.165) is 6.26 Å². The second kappa shape index (κ2) is 8.81. The topological polar surface area (TPSA) is 124 Å². The van der Waals surface area contributed by atoms with Gasteiger partial charge in [-0.05, 0) is 37.5 Å². The Labute approximate surface area is 159 Å². The van der Waals surface area contributed by atoms with Gasteiger partial charge in [-0.15, -0.1) is 0 Å². The standard InChI is InChI=1S/C18H26N2O6S/c1-20(8-9-21)18(24)13-6-7-15(16(22)11-13)19-17(23)12-4-3-5-14(10-12)27(2,25)26/h3-5,10,13,15-16,21-22H,6-9,11H2,1-2H3,(H,19,23)/t13-,15-,16-/m0/s1. The zero-order valence-corrected chi connectivity index (χ0v) is 16.3. The lowest BCUT2D eigenvalue weighted by Gasteiger charge is -2.34. The maximum Gasteiger partial charge on any atom is 0.251 e.